The van der Waals surface area contributed by atoms with Gasteiger partial charge in [0.1, 0.15) is 12.4 Å². The lowest BCUT2D eigenvalue weighted by Crippen LogP contribution is -2.55. The third-order valence-electron chi connectivity index (χ3n) is 5.56. The minimum Gasteiger partial charge on any atom is -0.491 e. The molecular formula is C20H32N2O3. The van der Waals surface area contributed by atoms with Gasteiger partial charge in [0, 0.05) is 44.9 Å². The Balaban J connectivity index is 1.54. The van der Waals surface area contributed by atoms with Gasteiger partial charge < -0.3 is 14.9 Å². The number of rotatable bonds is 8. The van der Waals surface area contributed by atoms with Crippen molar-refractivity contribution in [1.82, 2.24) is 9.80 Å². The van der Waals surface area contributed by atoms with Crippen LogP contribution in [0.25, 0.3) is 0 Å². The molecule has 0 spiro atoms. The highest BCUT2D eigenvalue weighted by Crippen LogP contribution is 2.28. The maximum atomic E-state index is 9.48. The van der Waals surface area contributed by atoms with Crippen LogP contribution in [0, 0.1) is 0 Å². The smallest absolute Gasteiger partial charge is 0.119 e. The van der Waals surface area contributed by atoms with Gasteiger partial charge in [-0.25, -0.2) is 0 Å². The molecule has 140 valence electrons. The number of piperazine rings is 1. The zero-order valence-electron chi connectivity index (χ0n) is 15.1. The van der Waals surface area contributed by atoms with Gasteiger partial charge in [0.25, 0.3) is 0 Å². The highest BCUT2D eigenvalue weighted by Gasteiger charge is 2.32. The Morgan fingerprint density at radius 2 is 1.76 bits per heavy atom. The van der Waals surface area contributed by atoms with E-state index < -0.39 is 0 Å². The van der Waals surface area contributed by atoms with Crippen LogP contribution in [0.2, 0.25) is 0 Å². The fraction of sp³-hybridized carbons (Fsp3) is 0.700. The van der Waals surface area contributed by atoms with Crippen molar-refractivity contribution in [3.63, 3.8) is 0 Å². The molecule has 1 aromatic rings. The second-order valence-electron chi connectivity index (χ2n) is 7.29. The molecule has 2 N–H and O–H groups in total. The summed E-state index contributed by atoms with van der Waals surface area (Å²) < 4.78 is 5.42. The van der Waals surface area contributed by atoms with Crippen LogP contribution in [0.15, 0.2) is 24.3 Å². The standard InChI is InChI=1S/C20H32N2O3/c23-12-9-19-16-21(10-11-22(19)18-3-1-2-4-18)15-17-5-7-20(8-6-17)25-14-13-24/h5-8,18-19,23-24H,1-4,9-16H2/t19-/m1/s1. The topological polar surface area (TPSA) is 56.2 Å². The number of aliphatic hydroxyl groups excluding tert-OH is 2. The molecule has 1 saturated carbocycles. The summed E-state index contributed by atoms with van der Waals surface area (Å²) in [6.07, 6.45) is 6.26. The molecule has 1 aromatic carbocycles. The molecule has 1 saturated heterocycles. The average molecular weight is 348 g/mol. The van der Waals surface area contributed by atoms with Crippen LogP contribution in [0.1, 0.15) is 37.7 Å². The number of aliphatic hydroxyl groups is 2. The molecule has 0 bridgehead atoms. The summed E-state index contributed by atoms with van der Waals surface area (Å²) in [6, 6.07) is 9.39. The number of hydrogen-bond donors (Lipinski definition) is 2. The van der Waals surface area contributed by atoms with Crippen LogP contribution in [0.4, 0.5) is 0 Å². The van der Waals surface area contributed by atoms with Crippen molar-refractivity contribution < 1.29 is 14.9 Å². The molecule has 5 heteroatoms. The highest BCUT2D eigenvalue weighted by molar-refractivity contribution is 5.27. The van der Waals surface area contributed by atoms with Gasteiger partial charge in [-0.15, -0.1) is 0 Å². The van der Waals surface area contributed by atoms with Crippen molar-refractivity contribution in [2.24, 2.45) is 0 Å². The molecule has 2 fully saturated rings. The van der Waals surface area contributed by atoms with E-state index >= 15 is 0 Å². The minimum atomic E-state index is 0.0409. The highest BCUT2D eigenvalue weighted by atomic mass is 16.5. The fourth-order valence-electron chi connectivity index (χ4n) is 4.31. The molecule has 1 heterocycles. The van der Waals surface area contributed by atoms with Crippen LogP contribution < -0.4 is 4.74 Å². The zero-order chi connectivity index (χ0) is 17.5. The normalized spacial score (nSPS) is 23.2. The van der Waals surface area contributed by atoms with Crippen molar-refractivity contribution in [2.75, 3.05) is 39.5 Å². The van der Waals surface area contributed by atoms with Gasteiger partial charge in [0.2, 0.25) is 0 Å². The fourth-order valence-corrected chi connectivity index (χ4v) is 4.31. The predicted molar refractivity (Wildman–Crippen MR) is 98.8 cm³/mol. The number of ether oxygens (including phenoxy) is 1. The molecule has 3 rings (SSSR count). The summed E-state index contributed by atoms with van der Waals surface area (Å²) in [5, 5.41) is 18.3. The molecule has 5 nitrogen and oxygen atoms in total. The molecule has 0 aromatic heterocycles. The van der Waals surface area contributed by atoms with Crippen molar-refractivity contribution in [3.8, 4) is 5.75 Å². The summed E-state index contributed by atoms with van der Waals surface area (Å²) in [6.45, 7) is 4.86. The first-order valence-corrected chi connectivity index (χ1v) is 9.71. The molecule has 1 atom stereocenters. The Morgan fingerprint density at radius 1 is 1.00 bits per heavy atom. The Bertz CT molecular complexity index is 502. The minimum absolute atomic E-state index is 0.0409. The molecule has 0 unspecified atom stereocenters. The van der Waals surface area contributed by atoms with E-state index in [-0.39, 0.29) is 13.2 Å². The number of hydrogen-bond acceptors (Lipinski definition) is 5. The van der Waals surface area contributed by atoms with E-state index in [1.807, 2.05) is 12.1 Å². The lowest BCUT2D eigenvalue weighted by molar-refractivity contribution is 0.0267. The Morgan fingerprint density at radius 3 is 2.44 bits per heavy atom. The van der Waals surface area contributed by atoms with E-state index in [9.17, 15) is 5.11 Å². The van der Waals surface area contributed by atoms with Crippen molar-refractivity contribution in [1.29, 1.82) is 0 Å². The van der Waals surface area contributed by atoms with Gasteiger partial charge in [-0.05, 0) is 37.0 Å². The molecular weight excluding hydrogens is 316 g/mol. The van der Waals surface area contributed by atoms with Gasteiger partial charge in [0.15, 0.2) is 0 Å². The third-order valence-corrected chi connectivity index (χ3v) is 5.56. The van der Waals surface area contributed by atoms with Crippen LogP contribution in [-0.2, 0) is 6.54 Å². The Labute approximate surface area is 151 Å². The maximum absolute atomic E-state index is 9.48. The van der Waals surface area contributed by atoms with Crippen LogP contribution in [0.3, 0.4) is 0 Å². The van der Waals surface area contributed by atoms with E-state index in [0.717, 1.165) is 44.4 Å². The van der Waals surface area contributed by atoms with Crippen LogP contribution in [0.5, 0.6) is 5.75 Å². The van der Waals surface area contributed by atoms with Gasteiger partial charge in [-0.3, -0.25) is 9.80 Å². The lowest BCUT2D eigenvalue weighted by atomic mass is 10.0. The second-order valence-corrected chi connectivity index (χ2v) is 7.29. The number of nitrogens with zero attached hydrogens (tertiary/aromatic N) is 2. The number of benzene rings is 1. The van der Waals surface area contributed by atoms with Gasteiger partial charge in [-0.2, -0.15) is 0 Å². The molecule has 0 radical (unpaired) electrons. The van der Waals surface area contributed by atoms with Crippen LogP contribution >= 0.6 is 0 Å². The largest absolute Gasteiger partial charge is 0.491 e. The predicted octanol–water partition coefficient (Wildman–Crippen LogP) is 1.87. The first-order valence-electron chi connectivity index (χ1n) is 9.71. The zero-order valence-corrected chi connectivity index (χ0v) is 15.1. The van der Waals surface area contributed by atoms with Crippen LogP contribution in [-0.4, -0.2) is 71.6 Å². The lowest BCUT2D eigenvalue weighted by Gasteiger charge is -2.44. The average Bonchev–Trinajstić information content (AvgIpc) is 3.16. The molecule has 25 heavy (non-hydrogen) atoms. The van der Waals surface area contributed by atoms with E-state index in [2.05, 4.69) is 21.9 Å². The summed E-state index contributed by atoms with van der Waals surface area (Å²) >= 11 is 0. The van der Waals surface area contributed by atoms with E-state index in [4.69, 9.17) is 9.84 Å². The van der Waals surface area contributed by atoms with Crippen molar-refractivity contribution in [3.05, 3.63) is 29.8 Å². The monoisotopic (exact) mass is 348 g/mol. The summed E-state index contributed by atoms with van der Waals surface area (Å²) in [5.74, 6) is 0.807. The first-order chi connectivity index (χ1) is 12.3. The van der Waals surface area contributed by atoms with Gasteiger partial charge in [-0.1, -0.05) is 25.0 Å². The summed E-state index contributed by atoms with van der Waals surface area (Å²) in [5.41, 5.74) is 1.29. The Hall–Kier alpha value is -1.14. The van der Waals surface area contributed by atoms with E-state index in [0.29, 0.717) is 12.6 Å². The Kier molecular flexibility index (Phi) is 7.11. The van der Waals surface area contributed by atoms with Gasteiger partial charge in [0.05, 0.1) is 6.61 Å². The maximum Gasteiger partial charge on any atom is 0.119 e. The summed E-state index contributed by atoms with van der Waals surface area (Å²) in [4.78, 5) is 5.18. The van der Waals surface area contributed by atoms with Gasteiger partial charge >= 0.3 is 0 Å². The van der Waals surface area contributed by atoms with E-state index in [1.165, 1.54) is 31.2 Å². The summed E-state index contributed by atoms with van der Waals surface area (Å²) in [7, 11) is 0. The second kappa shape index (κ2) is 9.53. The quantitative estimate of drug-likeness (QED) is 0.751. The SMILES string of the molecule is OCCOc1ccc(CN2CCN(C3CCCC3)[C@H](CCO)C2)cc1. The van der Waals surface area contributed by atoms with E-state index in [1.54, 1.807) is 0 Å². The molecule has 2 aliphatic rings. The third kappa shape index (κ3) is 5.17. The molecule has 0 amide bonds. The first kappa shape index (κ1) is 18.6. The van der Waals surface area contributed by atoms with Crippen molar-refractivity contribution >= 4 is 0 Å². The van der Waals surface area contributed by atoms with Crippen molar-refractivity contribution in [2.45, 2.75) is 50.7 Å². The molecule has 1 aliphatic heterocycles. The molecule has 1 aliphatic carbocycles.